The van der Waals surface area contributed by atoms with Crippen molar-refractivity contribution in [3.8, 4) is 5.75 Å². The monoisotopic (exact) mass is 613 g/mol. The Morgan fingerprint density at radius 3 is 2.33 bits per heavy atom. The van der Waals surface area contributed by atoms with Gasteiger partial charge < -0.3 is 30.3 Å². The molecule has 2 heterocycles. The predicted molar refractivity (Wildman–Crippen MR) is 139 cm³/mol. The van der Waals surface area contributed by atoms with E-state index in [1.54, 1.807) is 13.8 Å². The number of benzene rings is 1. The van der Waals surface area contributed by atoms with Crippen molar-refractivity contribution in [2.24, 2.45) is 11.8 Å². The predicted octanol–water partition coefficient (Wildman–Crippen LogP) is 2.07. The number of nitrogens with zero attached hydrogens (tertiary/aromatic N) is 1. The minimum absolute atomic E-state index is 0.256. The summed E-state index contributed by atoms with van der Waals surface area (Å²) in [5.74, 6) is -14.8. The number of aliphatic hydroxyl groups is 1. The number of phenolic OH excluding ortho intramolecular Hbond substituents is 1. The number of nitrogens with one attached hydrogen (secondary N) is 2. The van der Waals surface area contributed by atoms with Crippen molar-refractivity contribution in [1.82, 2.24) is 15.6 Å². The number of halogens is 4. The molecular weight excluding hydrogens is 582 g/mol. The molecule has 0 bridgehead atoms. The molecule has 234 valence electrons. The maximum Gasteiger partial charge on any atom is 0.348 e. The van der Waals surface area contributed by atoms with Crippen LogP contribution in [-0.4, -0.2) is 69.3 Å². The van der Waals surface area contributed by atoms with E-state index in [9.17, 15) is 47.0 Å². The molecule has 11 nitrogen and oxygen atoms in total. The van der Waals surface area contributed by atoms with Crippen LogP contribution in [0.2, 0.25) is 0 Å². The van der Waals surface area contributed by atoms with Crippen LogP contribution in [0.15, 0.2) is 24.3 Å². The second-order valence-electron chi connectivity index (χ2n) is 10.3. The van der Waals surface area contributed by atoms with Crippen molar-refractivity contribution < 1.29 is 56.4 Å². The highest BCUT2D eigenvalue weighted by Gasteiger charge is 2.42. The molecule has 0 aliphatic carbocycles. The molecule has 43 heavy (non-hydrogen) atoms. The van der Waals surface area contributed by atoms with E-state index >= 15 is 0 Å². The van der Waals surface area contributed by atoms with E-state index in [1.165, 1.54) is 31.2 Å². The number of carbonyl (C=O) groups excluding carboxylic acids is 4. The van der Waals surface area contributed by atoms with Crippen molar-refractivity contribution in [3.63, 3.8) is 0 Å². The van der Waals surface area contributed by atoms with Crippen molar-refractivity contribution in [1.29, 1.82) is 0 Å². The first-order valence-corrected chi connectivity index (χ1v) is 13.3. The third-order valence-corrected chi connectivity index (χ3v) is 7.26. The number of aromatic nitrogens is 1. The highest BCUT2D eigenvalue weighted by Crippen LogP contribution is 2.24. The summed E-state index contributed by atoms with van der Waals surface area (Å²) in [5.41, 5.74) is -1.41. The number of aromatic hydroxyl groups is 1. The topological polar surface area (TPSA) is 164 Å². The average molecular weight is 614 g/mol. The van der Waals surface area contributed by atoms with Gasteiger partial charge in [0.2, 0.25) is 23.8 Å². The molecular formula is C28H31F4N3O8. The van der Waals surface area contributed by atoms with Crippen LogP contribution in [0.5, 0.6) is 5.75 Å². The second-order valence-corrected chi connectivity index (χ2v) is 10.3. The largest absolute Gasteiger partial charge is 0.507 e. The molecule has 2 aromatic rings. The normalized spacial score (nSPS) is 25.8. The van der Waals surface area contributed by atoms with E-state index < -0.39 is 107 Å². The molecule has 1 fully saturated rings. The zero-order valence-corrected chi connectivity index (χ0v) is 23.6. The minimum Gasteiger partial charge on any atom is -0.507 e. The SMILES string of the molecule is CCC(C)C1OC(=O)[C@H](C)[C@H](O)[C@H](Cc2c(F)nc(F)c(F)c2F)NC(=O)[C@@H](NC(=O)c2ccccc2O)[C@@H](C)OC1=O. The third kappa shape index (κ3) is 7.39. The number of cyclic esters (lactones) is 2. The molecule has 0 spiro atoms. The van der Waals surface area contributed by atoms with Gasteiger partial charge in [0.1, 0.15) is 17.9 Å². The van der Waals surface area contributed by atoms with Gasteiger partial charge in [-0.25, -0.2) is 9.18 Å². The van der Waals surface area contributed by atoms with Crippen LogP contribution in [0, 0.1) is 35.4 Å². The lowest BCUT2D eigenvalue weighted by Crippen LogP contribution is -2.59. The Kier molecular flexibility index (Phi) is 10.7. The first-order valence-electron chi connectivity index (χ1n) is 13.3. The maximum atomic E-state index is 14.6. The molecule has 7 atom stereocenters. The Morgan fingerprint density at radius 1 is 1.05 bits per heavy atom. The number of rotatable bonds is 6. The van der Waals surface area contributed by atoms with Crippen molar-refractivity contribution in [3.05, 3.63) is 58.9 Å². The summed E-state index contributed by atoms with van der Waals surface area (Å²) in [4.78, 5) is 55.2. The molecule has 0 radical (unpaired) electrons. The summed E-state index contributed by atoms with van der Waals surface area (Å²) in [6.07, 6.45) is -5.65. The number of para-hydroxylation sites is 1. The highest BCUT2D eigenvalue weighted by atomic mass is 19.2. The van der Waals surface area contributed by atoms with Crippen LogP contribution in [0.4, 0.5) is 17.6 Å². The van der Waals surface area contributed by atoms with E-state index in [2.05, 4.69) is 15.6 Å². The number of aliphatic hydroxyl groups excluding tert-OH is 1. The van der Waals surface area contributed by atoms with Crippen LogP contribution < -0.4 is 10.6 Å². The molecule has 1 aromatic carbocycles. The van der Waals surface area contributed by atoms with Gasteiger partial charge in [0.25, 0.3) is 11.9 Å². The zero-order chi connectivity index (χ0) is 32.2. The molecule has 1 aliphatic rings. The molecule has 15 heteroatoms. The second kappa shape index (κ2) is 13.8. The lowest BCUT2D eigenvalue weighted by Gasteiger charge is -2.34. The quantitative estimate of drug-likeness (QED) is 0.217. The number of carbonyl (C=O) groups is 4. The van der Waals surface area contributed by atoms with E-state index in [-0.39, 0.29) is 5.56 Å². The number of amides is 2. The molecule has 4 N–H and O–H groups in total. The van der Waals surface area contributed by atoms with Crippen LogP contribution in [0.3, 0.4) is 0 Å². The Morgan fingerprint density at radius 2 is 1.70 bits per heavy atom. The summed E-state index contributed by atoms with van der Waals surface area (Å²) in [6.45, 7) is 5.64. The number of phenols is 1. The van der Waals surface area contributed by atoms with Crippen molar-refractivity contribution >= 4 is 23.8 Å². The first kappa shape index (κ1) is 33.2. The van der Waals surface area contributed by atoms with E-state index in [0.717, 1.165) is 6.92 Å². The Hall–Kier alpha value is -4.27. The van der Waals surface area contributed by atoms with Crippen LogP contribution in [0.1, 0.15) is 50.0 Å². The van der Waals surface area contributed by atoms with Crippen molar-refractivity contribution in [2.45, 2.75) is 70.9 Å². The summed E-state index contributed by atoms with van der Waals surface area (Å²) in [6, 6.07) is 1.79. The summed E-state index contributed by atoms with van der Waals surface area (Å²) in [7, 11) is 0. The summed E-state index contributed by atoms with van der Waals surface area (Å²) >= 11 is 0. The first-order chi connectivity index (χ1) is 20.2. The lowest BCUT2D eigenvalue weighted by molar-refractivity contribution is -0.180. The lowest BCUT2D eigenvalue weighted by atomic mass is 9.92. The zero-order valence-electron chi connectivity index (χ0n) is 23.6. The molecule has 1 saturated heterocycles. The van der Waals surface area contributed by atoms with Gasteiger partial charge in [0.15, 0.2) is 5.82 Å². The molecule has 2 unspecified atom stereocenters. The Bertz CT molecular complexity index is 1390. The average Bonchev–Trinajstić information content (AvgIpc) is 2.97. The number of hydrogen-bond acceptors (Lipinski definition) is 9. The number of esters is 2. The molecule has 1 aliphatic heterocycles. The van der Waals surface area contributed by atoms with Gasteiger partial charge in [-0.3, -0.25) is 14.4 Å². The van der Waals surface area contributed by atoms with E-state index in [1.807, 2.05) is 0 Å². The number of hydrogen-bond donors (Lipinski definition) is 4. The molecule has 0 saturated carbocycles. The number of ether oxygens (including phenoxy) is 2. The Balaban J connectivity index is 2.08. The minimum atomic E-state index is -2.11. The maximum absolute atomic E-state index is 14.6. The van der Waals surface area contributed by atoms with E-state index in [4.69, 9.17) is 9.47 Å². The van der Waals surface area contributed by atoms with Gasteiger partial charge in [-0.05, 0) is 32.4 Å². The third-order valence-electron chi connectivity index (χ3n) is 7.26. The fourth-order valence-corrected chi connectivity index (χ4v) is 4.37. The van der Waals surface area contributed by atoms with Crippen LogP contribution in [0.25, 0.3) is 0 Å². The van der Waals surface area contributed by atoms with Crippen LogP contribution >= 0.6 is 0 Å². The van der Waals surface area contributed by atoms with Gasteiger partial charge in [0, 0.05) is 17.9 Å². The smallest absolute Gasteiger partial charge is 0.348 e. The van der Waals surface area contributed by atoms with Crippen molar-refractivity contribution in [2.75, 3.05) is 0 Å². The fraction of sp³-hybridized carbons (Fsp3) is 0.464. The van der Waals surface area contributed by atoms with Crippen LogP contribution in [-0.2, 0) is 30.3 Å². The van der Waals surface area contributed by atoms with Gasteiger partial charge >= 0.3 is 11.9 Å². The van der Waals surface area contributed by atoms with Gasteiger partial charge in [-0.2, -0.15) is 18.2 Å². The Labute approximate surface area is 243 Å². The highest BCUT2D eigenvalue weighted by molar-refractivity contribution is 6.00. The summed E-state index contributed by atoms with van der Waals surface area (Å²) in [5, 5.41) is 25.7. The summed E-state index contributed by atoms with van der Waals surface area (Å²) < 4.78 is 67.2. The molecule has 3 rings (SSSR count). The standard InChI is InChI=1S/C28H31F4N3O8/c1-5-11(2)22-28(41)42-13(4)20(34-25(38)14-8-6-7-9-17(14)36)26(39)33-16(21(37)12(3)27(40)43-22)10-15-18(29)19(30)24(32)35-23(15)31/h6-9,11-13,16,20-22,36-37H,5,10H2,1-4H3,(H,33,39)(H,34,38)/t11?,12-,13-,16+,20+,21+,22?/m1/s1. The molecule has 1 aromatic heterocycles. The molecule has 2 amide bonds. The van der Waals surface area contributed by atoms with Gasteiger partial charge in [0.05, 0.1) is 23.6 Å². The van der Waals surface area contributed by atoms with Gasteiger partial charge in [-0.15, -0.1) is 0 Å². The van der Waals surface area contributed by atoms with E-state index in [0.29, 0.717) is 6.42 Å². The number of pyridine rings is 1. The van der Waals surface area contributed by atoms with Gasteiger partial charge in [-0.1, -0.05) is 26.0 Å². The fourth-order valence-electron chi connectivity index (χ4n) is 4.37.